The molecule has 0 saturated heterocycles. The highest BCUT2D eigenvalue weighted by Crippen LogP contribution is 2.21. The van der Waals surface area contributed by atoms with Crippen LogP contribution in [-0.2, 0) is 6.42 Å². The fourth-order valence-electron chi connectivity index (χ4n) is 1.74. The molecule has 0 spiro atoms. The molecule has 0 bridgehead atoms. The molecule has 1 atom stereocenters. The minimum Gasteiger partial charge on any atom is -0.314 e. The van der Waals surface area contributed by atoms with Gasteiger partial charge >= 0.3 is 0 Å². The Labute approximate surface area is 106 Å². The number of likely N-dealkylation sites (N-methyl/N-ethyl adjacent to an activating group) is 1. The Kier molecular flexibility index (Phi) is 5.42. The largest absolute Gasteiger partial charge is 0.314 e. The molecule has 16 heavy (non-hydrogen) atoms. The second-order valence-corrected chi connectivity index (χ2v) is 5.20. The smallest absolute Gasteiger partial charge is 0.123 e. The molecule has 1 unspecified atom stereocenters. The van der Waals surface area contributed by atoms with Gasteiger partial charge < -0.3 is 5.32 Å². The molecule has 0 aliphatic rings. The van der Waals surface area contributed by atoms with E-state index >= 15 is 0 Å². The summed E-state index contributed by atoms with van der Waals surface area (Å²) in [5, 5.41) is 3.43. The fourth-order valence-corrected chi connectivity index (χ4v) is 2.15. The van der Waals surface area contributed by atoms with Crippen LogP contribution in [0.3, 0.4) is 0 Å². The van der Waals surface area contributed by atoms with Gasteiger partial charge in [-0.15, -0.1) is 0 Å². The van der Waals surface area contributed by atoms with Gasteiger partial charge in [0.25, 0.3) is 0 Å². The summed E-state index contributed by atoms with van der Waals surface area (Å²) in [6.45, 7) is 7.40. The van der Waals surface area contributed by atoms with Crippen molar-refractivity contribution in [1.82, 2.24) is 5.32 Å². The zero-order valence-corrected chi connectivity index (χ0v) is 11.6. The van der Waals surface area contributed by atoms with Crippen molar-refractivity contribution in [3.63, 3.8) is 0 Å². The van der Waals surface area contributed by atoms with Gasteiger partial charge in [0.05, 0.1) is 0 Å². The van der Waals surface area contributed by atoms with Gasteiger partial charge in [0, 0.05) is 10.5 Å². The molecule has 0 radical (unpaired) electrons. The van der Waals surface area contributed by atoms with Gasteiger partial charge in [-0.05, 0) is 42.6 Å². The Morgan fingerprint density at radius 2 is 2.06 bits per heavy atom. The third-order valence-corrected chi connectivity index (χ3v) is 3.49. The third-order valence-electron chi connectivity index (χ3n) is 2.72. The first kappa shape index (κ1) is 13.7. The predicted molar refractivity (Wildman–Crippen MR) is 70.1 cm³/mol. The first-order valence-electron chi connectivity index (χ1n) is 5.72. The van der Waals surface area contributed by atoms with Gasteiger partial charge in [-0.25, -0.2) is 4.39 Å². The van der Waals surface area contributed by atoms with Gasteiger partial charge in [-0.2, -0.15) is 0 Å². The van der Waals surface area contributed by atoms with Gasteiger partial charge in [0.15, 0.2) is 0 Å². The molecule has 1 aromatic carbocycles. The molecule has 3 heteroatoms. The molecule has 1 nitrogen and oxygen atoms in total. The standard InChI is InChI=1S/C13H19BrFN/c1-4-16-13(9(2)3)8-10-7-11(15)5-6-12(10)14/h5-7,9,13,16H,4,8H2,1-3H3. The third kappa shape index (κ3) is 3.87. The van der Waals surface area contributed by atoms with Crippen molar-refractivity contribution in [2.24, 2.45) is 5.92 Å². The normalized spacial score (nSPS) is 13.1. The molecule has 90 valence electrons. The van der Waals surface area contributed by atoms with Crippen LogP contribution in [0.25, 0.3) is 0 Å². The van der Waals surface area contributed by atoms with E-state index in [0.29, 0.717) is 12.0 Å². The molecular weight excluding hydrogens is 269 g/mol. The molecule has 0 aliphatic carbocycles. The maximum Gasteiger partial charge on any atom is 0.123 e. The quantitative estimate of drug-likeness (QED) is 0.869. The zero-order chi connectivity index (χ0) is 12.1. The van der Waals surface area contributed by atoms with Gasteiger partial charge in [0.2, 0.25) is 0 Å². The number of hydrogen-bond donors (Lipinski definition) is 1. The number of halogens is 2. The average molecular weight is 288 g/mol. The summed E-state index contributed by atoms with van der Waals surface area (Å²) in [6, 6.07) is 5.25. The summed E-state index contributed by atoms with van der Waals surface area (Å²) in [5.74, 6) is 0.368. The average Bonchev–Trinajstić information content (AvgIpc) is 2.22. The summed E-state index contributed by atoms with van der Waals surface area (Å²) in [6.07, 6.45) is 0.851. The Hall–Kier alpha value is -0.410. The van der Waals surface area contributed by atoms with Crippen LogP contribution < -0.4 is 5.32 Å². The van der Waals surface area contributed by atoms with Crippen LogP contribution >= 0.6 is 15.9 Å². The van der Waals surface area contributed by atoms with Crippen LogP contribution in [0.4, 0.5) is 4.39 Å². The molecule has 0 saturated carbocycles. The highest BCUT2D eigenvalue weighted by molar-refractivity contribution is 9.10. The van der Waals surface area contributed by atoms with Crippen LogP contribution in [0, 0.1) is 11.7 Å². The second-order valence-electron chi connectivity index (χ2n) is 4.35. The van der Waals surface area contributed by atoms with Crippen molar-refractivity contribution < 1.29 is 4.39 Å². The predicted octanol–water partition coefficient (Wildman–Crippen LogP) is 3.76. The molecule has 1 rings (SSSR count). The van der Waals surface area contributed by atoms with E-state index in [1.165, 1.54) is 6.07 Å². The zero-order valence-electron chi connectivity index (χ0n) is 10.1. The molecule has 1 aromatic rings. The van der Waals surface area contributed by atoms with Crippen LogP contribution in [0.1, 0.15) is 26.3 Å². The highest BCUT2D eigenvalue weighted by Gasteiger charge is 2.14. The fraction of sp³-hybridized carbons (Fsp3) is 0.538. The van der Waals surface area contributed by atoms with Crippen LogP contribution in [-0.4, -0.2) is 12.6 Å². The van der Waals surface area contributed by atoms with E-state index in [1.807, 2.05) is 0 Å². The van der Waals surface area contributed by atoms with Crippen LogP contribution in [0.2, 0.25) is 0 Å². The number of benzene rings is 1. The first-order valence-corrected chi connectivity index (χ1v) is 6.51. The van der Waals surface area contributed by atoms with E-state index in [0.717, 1.165) is 23.0 Å². The lowest BCUT2D eigenvalue weighted by Crippen LogP contribution is -2.35. The van der Waals surface area contributed by atoms with Crippen molar-refractivity contribution in [2.75, 3.05) is 6.54 Å². The molecule has 0 aliphatic heterocycles. The minimum absolute atomic E-state index is 0.169. The van der Waals surface area contributed by atoms with Gasteiger partial charge in [-0.1, -0.05) is 36.7 Å². The van der Waals surface area contributed by atoms with E-state index in [2.05, 4.69) is 42.0 Å². The van der Waals surface area contributed by atoms with E-state index in [-0.39, 0.29) is 5.82 Å². The summed E-state index contributed by atoms with van der Waals surface area (Å²) >= 11 is 3.46. The maximum atomic E-state index is 13.1. The van der Waals surface area contributed by atoms with Crippen molar-refractivity contribution in [2.45, 2.75) is 33.2 Å². The highest BCUT2D eigenvalue weighted by atomic mass is 79.9. The molecule has 1 N–H and O–H groups in total. The molecule has 0 amide bonds. The number of nitrogens with one attached hydrogen (secondary N) is 1. The van der Waals surface area contributed by atoms with Gasteiger partial charge in [0.1, 0.15) is 5.82 Å². The van der Waals surface area contributed by atoms with Crippen molar-refractivity contribution in [1.29, 1.82) is 0 Å². The number of hydrogen-bond acceptors (Lipinski definition) is 1. The maximum absolute atomic E-state index is 13.1. The molecule has 0 heterocycles. The Morgan fingerprint density at radius 3 is 2.62 bits per heavy atom. The topological polar surface area (TPSA) is 12.0 Å². The first-order chi connectivity index (χ1) is 7.54. The van der Waals surface area contributed by atoms with Crippen molar-refractivity contribution in [3.8, 4) is 0 Å². The molecular formula is C13H19BrFN. The van der Waals surface area contributed by atoms with E-state index < -0.39 is 0 Å². The summed E-state index contributed by atoms with van der Waals surface area (Å²) in [7, 11) is 0. The lowest BCUT2D eigenvalue weighted by Gasteiger charge is -2.22. The summed E-state index contributed by atoms with van der Waals surface area (Å²) in [5.41, 5.74) is 1.03. The Morgan fingerprint density at radius 1 is 1.38 bits per heavy atom. The SMILES string of the molecule is CCNC(Cc1cc(F)ccc1Br)C(C)C. The Bertz CT molecular complexity index is 339. The van der Waals surface area contributed by atoms with Crippen molar-refractivity contribution >= 4 is 15.9 Å². The molecule has 0 fully saturated rings. The van der Waals surface area contributed by atoms with E-state index in [9.17, 15) is 4.39 Å². The molecule has 0 aromatic heterocycles. The van der Waals surface area contributed by atoms with E-state index in [4.69, 9.17) is 0 Å². The second kappa shape index (κ2) is 6.36. The number of rotatable bonds is 5. The lowest BCUT2D eigenvalue weighted by molar-refractivity contribution is 0.404. The van der Waals surface area contributed by atoms with Crippen LogP contribution in [0.15, 0.2) is 22.7 Å². The van der Waals surface area contributed by atoms with Crippen LogP contribution in [0.5, 0.6) is 0 Å². The van der Waals surface area contributed by atoms with Crippen molar-refractivity contribution in [3.05, 3.63) is 34.1 Å². The van der Waals surface area contributed by atoms with Gasteiger partial charge in [-0.3, -0.25) is 0 Å². The minimum atomic E-state index is -0.169. The monoisotopic (exact) mass is 287 g/mol. The van der Waals surface area contributed by atoms with E-state index in [1.54, 1.807) is 12.1 Å². The Balaban J connectivity index is 2.80. The summed E-state index contributed by atoms with van der Waals surface area (Å²) in [4.78, 5) is 0. The summed E-state index contributed by atoms with van der Waals surface area (Å²) < 4.78 is 14.1. The lowest BCUT2D eigenvalue weighted by atomic mass is 9.96.